The Morgan fingerprint density at radius 3 is 1.05 bits per heavy atom. The van der Waals surface area contributed by atoms with Crippen LogP contribution in [-0.2, 0) is 17.1 Å². The van der Waals surface area contributed by atoms with Crippen molar-refractivity contribution in [3.05, 3.63) is 80.6 Å². The molecule has 0 saturated heterocycles. The Morgan fingerprint density at radius 2 is 0.950 bits per heavy atom. The Hall–Kier alpha value is -0.758. The summed E-state index contributed by atoms with van der Waals surface area (Å²) in [7, 11) is 0. The Labute approximate surface area is 140 Å². The van der Waals surface area contributed by atoms with E-state index in [9.17, 15) is 0 Å². The van der Waals surface area contributed by atoms with Gasteiger partial charge in [0.25, 0.3) is 0 Å². The van der Waals surface area contributed by atoms with Gasteiger partial charge in [0.1, 0.15) is 0 Å². The van der Waals surface area contributed by atoms with Crippen LogP contribution in [-0.4, -0.2) is 15.4 Å². The van der Waals surface area contributed by atoms with Gasteiger partial charge in [0.2, 0.25) is 0 Å². The van der Waals surface area contributed by atoms with Crippen LogP contribution >= 0.6 is 0 Å². The molecule has 20 heavy (non-hydrogen) atoms. The van der Waals surface area contributed by atoms with Crippen LogP contribution in [0, 0.1) is 0 Å². The molecule has 1 heterocycles. The van der Waals surface area contributed by atoms with Gasteiger partial charge in [-0.15, -0.1) is 0 Å². The SMILES string of the molecule is C[C]1=C(C)C(C)=[C](C)[Ge]1.[Fe].c1cc[cH-]c1.c1cc[cH-]c1. The molecule has 0 N–H and O–H groups in total. The summed E-state index contributed by atoms with van der Waals surface area (Å²) in [5.41, 5.74) is 3.13. The molecule has 1 aliphatic rings. The van der Waals surface area contributed by atoms with Gasteiger partial charge in [0.05, 0.1) is 0 Å². The molecule has 2 radical (unpaired) electrons. The fourth-order valence-electron chi connectivity index (χ4n) is 1.67. The van der Waals surface area contributed by atoms with E-state index in [1.165, 1.54) is 0 Å². The summed E-state index contributed by atoms with van der Waals surface area (Å²) in [5.74, 6) is 0. The molecule has 0 fully saturated rings. The summed E-state index contributed by atoms with van der Waals surface area (Å²) in [6, 6.07) is 20.0. The molecule has 3 rings (SSSR count). The Morgan fingerprint density at radius 1 is 0.650 bits per heavy atom. The maximum atomic E-state index is 2.27. The van der Waals surface area contributed by atoms with E-state index >= 15 is 0 Å². The topological polar surface area (TPSA) is 0 Å². The number of allylic oxidation sites excluding steroid dienone is 4. The minimum Gasteiger partial charge on any atom is -0.214 e. The van der Waals surface area contributed by atoms with E-state index < -0.39 is 0 Å². The van der Waals surface area contributed by atoms with E-state index in [0.29, 0.717) is 0 Å². The zero-order valence-electron chi connectivity index (χ0n) is 12.6. The molecular formula is C18H22FeGe-2. The van der Waals surface area contributed by atoms with E-state index in [4.69, 9.17) is 0 Å². The van der Waals surface area contributed by atoms with Crippen molar-refractivity contribution in [2.45, 2.75) is 27.7 Å². The van der Waals surface area contributed by atoms with Crippen molar-refractivity contribution >= 4 is 15.4 Å². The van der Waals surface area contributed by atoms with Crippen LogP contribution in [0.1, 0.15) is 27.7 Å². The van der Waals surface area contributed by atoms with E-state index in [1.54, 1.807) is 20.0 Å². The van der Waals surface area contributed by atoms with Crippen LogP contribution in [0.25, 0.3) is 0 Å². The van der Waals surface area contributed by atoms with E-state index in [-0.39, 0.29) is 32.5 Å². The zero-order valence-corrected chi connectivity index (χ0v) is 15.8. The molecule has 2 aromatic rings. The standard InChI is InChI=1S/C8H12Ge.2C5H5.Fe/c1-5-6(2)8(4)9-7(5)3;2*1-2-4-5-3-1;/h1-4H3;2*1-5H;/q;2*-1;. The third-order valence-corrected chi connectivity index (χ3v) is 6.32. The molecule has 108 valence electrons. The molecule has 2 heteroatoms. The van der Waals surface area contributed by atoms with Gasteiger partial charge in [-0.2, -0.15) is 36.4 Å². The number of hydrogen-bond acceptors (Lipinski definition) is 0. The largest absolute Gasteiger partial charge is 0.214 e. The first-order valence-corrected chi connectivity index (χ1v) is 8.68. The Bertz CT molecular complexity index is 419. The van der Waals surface area contributed by atoms with Gasteiger partial charge < -0.3 is 0 Å². The van der Waals surface area contributed by atoms with Crippen LogP contribution in [0.3, 0.4) is 0 Å². The van der Waals surface area contributed by atoms with Gasteiger partial charge in [-0.05, 0) is 0 Å². The molecule has 0 saturated carbocycles. The first-order chi connectivity index (χ1) is 9.13. The smallest absolute Gasteiger partial charge is 0 e. The second-order valence-corrected chi connectivity index (χ2v) is 8.22. The van der Waals surface area contributed by atoms with Gasteiger partial charge in [-0.25, -0.2) is 24.3 Å². The second-order valence-electron chi connectivity index (χ2n) is 4.55. The molecule has 0 nitrogen and oxygen atoms in total. The summed E-state index contributed by atoms with van der Waals surface area (Å²) >= 11 is 0.171. The molecule has 0 atom stereocenters. The minimum absolute atomic E-state index is 0. The molecule has 0 bridgehead atoms. The van der Waals surface area contributed by atoms with E-state index in [1.807, 2.05) is 60.7 Å². The molecular weight excluding hydrogens is 345 g/mol. The van der Waals surface area contributed by atoms with Crippen LogP contribution in [0.5, 0.6) is 0 Å². The summed E-state index contributed by atoms with van der Waals surface area (Å²) in [4.78, 5) is 0. The van der Waals surface area contributed by atoms with Crippen molar-refractivity contribution in [2.75, 3.05) is 0 Å². The van der Waals surface area contributed by atoms with Crippen LogP contribution in [0.4, 0.5) is 0 Å². The molecule has 2 aromatic carbocycles. The van der Waals surface area contributed by atoms with Crippen molar-refractivity contribution in [1.29, 1.82) is 0 Å². The first kappa shape index (κ1) is 19.2. The Kier molecular flexibility index (Phi) is 10.5. The predicted octanol–water partition coefficient (Wildman–Crippen LogP) is 5.10. The average molecular weight is 367 g/mol. The fourth-order valence-corrected chi connectivity index (χ4v) is 4.43. The normalized spacial score (nSPS) is 13.0. The first-order valence-electron chi connectivity index (χ1n) is 6.58. The van der Waals surface area contributed by atoms with Crippen molar-refractivity contribution in [2.24, 2.45) is 0 Å². The zero-order chi connectivity index (χ0) is 14.1. The van der Waals surface area contributed by atoms with Crippen LogP contribution in [0.2, 0.25) is 0 Å². The summed E-state index contributed by atoms with van der Waals surface area (Å²) < 4.78 is 3.34. The molecule has 0 unspecified atom stereocenters. The van der Waals surface area contributed by atoms with Gasteiger partial charge in [-0.3, -0.25) is 0 Å². The Balaban J connectivity index is 0.000000282. The second kappa shape index (κ2) is 11.0. The summed E-state index contributed by atoms with van der Waals surface area (Å²) in [6.07, 6.45) is 0. The van der Waals surface area contributed by atoms with Crippen LogP contribution in [0.15, 0.2) is 80.6 Å². The van der Waals surface area contributed by atoms with Crippen LogP contribution < -0.4 is 0 Å². The minimum atomic E-state index is 0. The van der Waals surface area contributed by atoms with Gasteiger partial charge >= 0.3 is 63.1 Å². The average Bonchev–Trinajstić information content (AvgIpc) is 3.14. The van der Waals surface area contributed by atoms with Crippen molar-refractivity contribution in [1.82, 2.24) is 0 Å². The van der Waals surface area contributed by atoms with Crippen molar-refractivity contribution in [3.8, 4) is 0 Å². The third kappa shape index (κ3) is 7.14. The monoisotopic (exact) mass is 368 g/mol. The van der Waals surface area contributed by atoms with E-state index in [2.05, 4.69) is 27.7 Å². The summed E-state index contributed by atoms with van der Waals surface area (Å²) in [6.45, 7) is 9.03. The molecule has 0 aliphatic carbocycles. The quantitative estimate of drug-likeness (QED) is 0.449. The van der Waals surface area contributed by atoms with Crippen molar-refractivity contribution in [3.63, 3.8) is 0 Å². The van der Waals surface area contributed by atoms with Gasteiger partial charge in [0, 0.05) is 17.1 Å². The molecule has 0 spiro atoms. The summed E-state index contributed by atoms with van der Waals surface area (Å²) in [5, 5.41) is 0. The molecule has 1 aliphatic heterocycles. The molecule has 0 amide bonds. The number of rotatable bonds is 0. The van der Waals surface area contributed by atoms with Gasteiger partial charge in [0.15, 0.2) is 0 Å². The number of hydrogen-bond donors (Lipinski definition) is 0. The maximum Gasteiger partial charge on any atom is 0 e. The van der Waals surface area contributed by atoms with E-state index in [0.717, 1.165) is 0 Å². The molecule has 0 aromatic heterocycles. The third-order valence-electron chi connectivity index (χ3n) is 3.17. The predicted molar refractivity (Wildman–Crippen MR) is 86.6 cm³/mol. The van der Waals surface area contributed by atoms with Gasteiger partial charge in [-0.1, -0.05) is 0 Å². The fraction of sp³-hybridized carbons (Fsp3) is 0.222. The van der Waals surface area contributed by atoms with Crippen molar-refractivity contribution < 1.29 is 17.1 Å². The maximum absolute atomic E-state index is 2.27.